The molecule has 2 N–H and O–H groups in total. The lowest BCUT2D eigenvalue weighted by atomic mass is 9.98. The highest BCUT2D eigenvalue weighted by molar-refractivity contribution is 6.02. The minimum atomic E-state index is -0.309. The normalized spacial score (nSPS) is 23.6. The van der Waals surface area contributed by atoms with Gasteiger partial charge in [0.25, 0.3) is 5.91 Å². The molecule has 3 aliphatic heterocycles. The predicted molar refractivity (Wildman–Crippen MR) is 133 cm³/mol. The van der Waals surface area contributed by atoms with E-state index < -0.39 is 0 Å². The Hall–Kier alpha value is -3.24. The Balaban J connectivity index is 1.33. The summed E-state index contributed by atoms with van der Waals surface area (Å²) in [7, 11) is 2.17. The van der Waals surface area contributed by atoms with Crippen LogP contribution in [0, 0.1) is 11.8 Å². The van der Waals surface area contributed by atoms with Crippen molar-refractivity contribution in [3.63, 3.8) is 0 Å². The molecule has 2 fully saturated rings. The van der Waals surface area contributed by atoms with Crippen molar-refractivity contribution in [3.8, 4) is 11.8 Å². The van der Waals surface area contributed by atoms with E-state index in [9.17, 15) is 4.79 Å². The first kappa shape index (κ1) is 21.6. The summed E-state index contributed by atoms with van der Waals surface area (Å²) in [5.74, 6) is 6.52. The summed E-state index contributed by atoms with van der Waals surface area (Å²) in [5, 5.41) is 6.66. The summed E-state index contributed by atoms with van der Waals surface area (Å²) in [5.41, 5.74) is 3.75. The number of carbonyl (C=O) groups excluding carboxylic acids is 1. The van der Waals surface area contributed by atoms with Crippen LogP contribution in [-0.4, -0.2) is 67.1 Å². The molecule has 1 atom stereocenters. The fourth-order valence-corrected chi connectivity index (χ4v) is 5.08. The molecular weight excluding hydrogens is 412 g/mol. The Kier molecular flexibility index (Phi) is 6.10. The molecule has 3 heterocycles. The first-order valence-electron chi connectivity index (χ1n) is 11.9. The Morgan fingerprint density at radius 2 is 1.82 bits per heavy atom. The molecule has 172 valence electrons. The number of piperazine rings is 1. The second-order valence-electron chi connectivity index (χ2n) is 9.19. The highest BCUT2D eigenvalue weighted by Crippen LogP contribution is 2.33. The molecule has 7 heteroatoms. The van der Waals surface area contributed by atoms with Crippen LogP contribution in [0.2, 0.25) is 0 Å². The third-order valence-corrected chi connectivity index (χ3v) is 6.94. The molecular formula is C26H32N6O. The molecule has 0 aromatic heterocycles. The van der Waals surface area contributed by atoms with E-state index in [1.807, 2.05) is 17.2 Å². The lowest BCUT2D eigenvalue weighted by Crippen LogP contribution is -2.51. The molecule has 1 amide bonds. The van der Waals surface area contributed by atoms with Crippen molar-refractivity contribution >= 4 is 23.2 Å². The van der Waals surface area contributed by atoms with Crippen LogP contribution in [0.1, 0.15) is 32.6 Å². The molecule has 0 spiro atoms. The van der Waals surface area contributed by atoms with Crippen LogP contribution < -0.4 is 15.5 Å². The van der Waals surface area contributed by atoms with E-state index in [1.54, 1.807) is 6.92 Å². The van der Waals surface area contributed by atoms with Gasteiger partial charge in [-0.2, -0.15) is 0 Å². The van der Waals surface area contributed by atoms with Crippen LogP contribution in [0.3, 0.4) is 0 Å². The van der Waals surface area contributed by atoms with Gasteiger partial charge in [0.1, 0.15) is 0 Å². The summed E-state index contributed by atoms with van der Waals surface area (Å²) < 4.78 is 0. The Labute approximate surface area is 196 Å². The molecule has 0 bridgehead atoms. The maximum atomic E-state index is 13.2. The van der Waals surface area contributed by atoms with E-state index in [4.69, 9.17) is 4.99 Å². The van der Waals surface area contributed by atoms with E-state index in [1.165, 1.54) is 5.69 Å². The first-order chi connectivity index (χ1) is 16.1. The number of amides is 1. The second-order valence-corrected chi connectivity index (χ2v) is 9.19. The number of anilines is 2. The molecule has 5 rings (SSSR count). The maximum absolute atomic E-state index is 13.2. The third kappa shape index (κ3) is 4.49. The number of likely N-dealkylation sites (N-methyl/N-ethyl adjacent to an activating group) is 1. The molecule has 4 aliphatic rings. The van der Waals surface area contributed by atoms with Crippen molar-refractivity contribution in [1.82, 2.24) is 15.1 Å². The first-order valence-corrected chi connectivity index (χ1v) is 11.9. The van der Waals surface area contributed by atoms with E-state index in [2.05, 4.69) is 63.6 Å². The van der Waals surface area contributed by atoms with E-state index >= 15 is 0 Å². The lowest BCUT2D eigenvalue weighted by Gasteiger charge is -2.39. The number of carbonyl (C=O) groups is 1. The minimum absolute atomic E-state index is 0.0000654. The van der Waals surface area contributed by atoms with Gasteiger partial charge in [-0.3, -0.25) is 4.79 Å². The topological polar surface area (TPSA) is 63.2 Å². The maximum Gasteiger partial charge on any atom is 0.264 e. The number of hydrogen-bond acceptors (Lipinski definition) is 6. The van der Waals surface area contributed by atoms with Gasteiger partial charge in [0.15, 0.2) is 6.17 Å². The number of aliphatic imine (C=N–C) groups is 1. The van der Waals surface area contributed by atoms with Crippen molar-refractivity contribution in [2.24, 2.45) is 4.99 Å². The van der Waals surface area contributed by atoms with Crippen molar-refractivity contribution in [3.05, 3.63) is 47.7 Å². The summed E-state index contributed by atoms with van der Waals surface area (Å²) in [6, 6.07) is 8.72. The SMILES string of the molecule is CC#CC1=CC2=CNC(Nc3ccc(N4CCN(C)CC4)cc3)=NC2N(C2CCCC2)C1=O. The van der Waals surface area contributed by atoms with Crippen molar-refractivity contribution in [2.45, 2.75) is 44.8 Å². The second kappa shape index (κ2) is 9.32. The largest absolute Gasteiger partial charge is 0.369 e. The fourth-order valence-electron chi connectivity index (χ4n) is 5.08. The van der Waals surface area contributed by atoms with Gasteiger partial charge < -0.3 is 25.3 Å². The molecule has 0 radical (unpaired) electrons. The third-order valence-electron chi connectivity index (χ3n) is 6.94. The lowest BCUT2D eigenvalue weighted by molar-refractivity contribution is -0.131. The van der Waals surface area contributed by atoms with Gasteiger partial charge in [0.2, 0.25) is 5.96 Å². The van der Waals surface area contributed by atoms with Crippen LogP contribution in [-0.2, 0) is 4.79 Å². The number of guanidine groups is 1. The number of benzene rings is 1. The van der Waals surface area contributed by atoms with Gasteiger partial charge in [-0.15, -0.1) is 5.92 Å². The zero-order valence-electron chi connectivity index (χ0n) is 19.5. The van der Waals surface area contributed by atoms with Crippen LogP contribution in [0.15, 0.2) is 52.7 Å². The Morgan fingerprint density at radius 1 is 1.09 bits per heavy atom. The summed E-state index contributed by atoms with van der Waals surface area (Å²) >= 11 is 0. The zero-order valence-corrected chi connectivity index (χ0v) is 19.5. The van der Waals surface area contributed by atoms with Gasteiger partial charge in [-0.25, -0.2) is 4.99 Å². The molecule has 7 nitrogen and oxygen atoms in total. The molecule has 1 saturated carbocycles. The van der Waals surface area contributed by atoms with Gasteiger partial charge in [-0.1, -0.05) is 18.8 Å². The van der Waals surface area contributed by atoms with Crippen LogP contribution in [0.4, 0.5) is 11.4 Å². The van der Waals surface area contributed by atoms with Gasteiger partial charge in [0.05, 0.1) is 5.57 Å². The highest BCUT2D eigenvalue weighted by Gasteiger charge is 2.39. The molecule has 1 unspecified atom stereocenters. The quantitative estimate of drug-likeness (QED) is 0.702. The highest BCUT2D eigenvalue weighted by atomic mass is 16.2. The van der Waals surface area contributed by atoms with E-state index in [0.29, 0.717) is 11.5 Å². The molecule has 33 heavy (non-hydrogen) atoms. The standard InChI is InChI=1S/C26H32N6O/c1-3-6-19-17-20-18-27-26(29-24(20)32(25(19)33)23-7-4-5-8-23)28-21-9-11-22(12-10-21)31-15-13-30(2)14-16-31/h9-12,17-18,23-24H,4-5,7-8,13-16H2,1-2H3,(H2,27,28,29). The number of hydrogen-bond donors (Lipinski definition) is 2. The Morgan fingerprint density at radius 3 is 2.52 bits per heavy atom. The van der Waals surface area contributed by atoms with Crippen molar-refractivity contribution < 1.29 is 4.79 Å². The summed E-state index contributed by atoms with van der Waals surface area (Å²) in [4.78, 5) is 24.9. The van der Waals surface area contributed by atoms with Gasteiger partial charge >= 0.3 is 0 Å². The van der Waals surface area contributed by atoms with Crippen molar-refractivity contribution in [1.29, 1.82) is 0 Å². The summed E-state index contributed by atoms with van der Waals surface area (Å²) in [6.07, 6.45) is 7.90. The number of rotatable bonds is 3. The van der Waals surface area contributed by atoms with Crippen LogP contribution >= 0.6 is 0 Å². The minimum Gasteiger partial charge on any atom is -0.369 e. The number of fused-ring (bicyclic) bond motifs is 1. The van der Waals surface area contributed by atoms with E-state index in [0.717, 1.165) is 63.1 Å². The van der Waals surface area contributed by atoms with E-state index in [-0.39, 0.29) is 18.1 Å². The monoisotopic (exact) mass is 444 g/mol. The smallest absolute Gasteiger partial charge is 0.264 e. The number of nitrogens with one attached hydrogen (secondary N) is 2. The molecule has 1 aliphatic carbocycles. The zero-order chi connectivity index (χ0) is 22.8. The molecule has 1 aromatic rings. The van der Waals surface area contributed by atoms with Gasteiger partial charge in [-0.05, 0) is 57.2 Å². The fraction of sp³-hybridized carbons (Fsp3) is 0.462. The van der Waals surface area contributed by atoms with Crippen molar-refractivity contribution in [2.75, 3.05) is 43.4 Å². The average Bonchev–Trinajstić information content (AvgIpc) is 3.35. The average molecular weight is 445 g/mol. The van der Waals surface area contributed by atoms with Crippen LogP contribution in [0.5, 0.6) is 0 Å². The Bertz CT molecular complexity index is 1050. The number of nitrogens with zero attached hydrogens (tertiary/aromatic N) is 4. The predicted octanol–water partition coefficient (Wildman–Crippen LogP) is 2.75. The summed E-state index contributed by atoms with van der Waals surface area (Å²) in [6.45, 7) is 6.05. The van der Waals surface area contributed by atoms with Gasteiger partial charge in [0, 0.05) is 55.4 Å². The van der Waals surface area contributed by atoms with Crippen LogP contribution in [0.25, 0.3) is 0 Å². The molecule has 1 saturated heterocycles. The molecule has 1 aromatic carbocycles.